The fraction of sp³-hybridized carbons (Fsp3) is 0.714. The molecular weight excluding hydrogens is 248 g/mol. The number of aromatic nitrogens is 2. The van der Waals surface area contributed by atoms with Crippen molar-refractivity contribution in [1.82, 2.24) is 9.97 Å². The second-order valence-corrected chi connectivity index (χ2v) is 5.63. The zero-order chi connectivity index (χ0) is 13.2. The van der Waals surface area contributed by atoms with Gasteiger partial charge in [0.25, 0.3) is 0 Å². The molecule has 2 unspecified atom stereocenters. The number of methoxy groups -OCH3 is 1. The number of hydrogen-bond donors (Lipinski definition) is 0. The smallest absolute Gasteiger partial charge is 0.160 e. The summed E-state index contributed by atoms with van der Waals surface area (Å²) in [5.41, 5.74) is 1.53. The molecular formula is C14H21ClN2O. The van der Waals surface area contributed by atoms with Gasteiger partial charge in [-0.05, 0) is 38.2 Å². The molecule has 1 aliphatic rings. The molecule has 4 heteroatoms. The maximum absolute atomic E-state index is 5.90. The molecule has 0 N–H and O–H groups in total. The van der Waals surface area contributed by atoms with Gasteiger partial charge in [0, 0.05) is 12.8 Å². The van der Waals surface area contributed by atoms with E-state index in [-0.39, 0.29) is 5.60 Å². The van der Waals surface area contributed by atoms with Gasteiger partial charge in [-0.3, -0.25) is 0 Å². The highest BCUT2D eigenvalue weighted by Crippen LogP contribution is 2.41. The largest absolute Gasteiger partial charge is 0.370 e. The predicted octanol–water partition coefficient (Wildman–Crippen LogP) is 3.58. The molecule has 1 saturated carbocycles. The van der Waals surface area contributed by atoms with Crippen LogP contribution in [0.25, 0.3) is 0 Å². The third kappa shape index (κ3) is 2.67. The Labute approximate surface area is 114 Å². The quantitative estimate of drug-likeness (QED) is 0.786. The zero-order valence-corrected chi connectivity index (χ0v) is 12.1. The van der Waals surface area contributed by atoms with Crippen LogP contribution in [0.4, 0.5) is 0 Å². The summed E-state index contributed by atoms with van der Waals surface area (Å²) in [5, 5.41) is 0. The molecule has 3 nitrogen and oxygen atoms in total. The van der Waals surface area contributed by atoms with Gasteiger partial charge in [-0.15, -0.1) is 11.6 Å². The lowest BCUT2D eigenvalue weighted by Gasteiger charge is -2.37. The Hall–Kier alpha value is -0.670. The summed E-state index contributed by atoms with van der Waals surface area (Å²) < 4.78 is 5.82. The minimum Gasteiger partial charge on any atom is -0.370 e. The van der Waals surface area contributed by atoms with E-state index in [0.29, 0.717) is 11.8 Å². The molecule has 1 heterocycles. The third-order valence-electron chi connectivity index (χ3n) is 3.80. The number of nitrogens with zero attached hydrogens (tertiary/aromatic N) is 2. The van der Waals surface area contributed by atoms with Crippen molar-refractivity contribution in [3.8, 4) is 0 Å². The molecule has 2 rings (SSSR count). The van der Waals surface area contributed by atoms with Crippen molar-refractivity contribution in [3.05, 3.63) is 23.3 Å². The first-order valence-electron chi connectivity index (χ1n) is 6.56. The summed E-state index contributed by atoms with van der Waals surface area (Å²) in [4.78, 5) is 9.17. The molecule has 0 saturated heterocycles. The topological polar surface area (TPSA) is 35.0 Å². The number of ether oxygens (including phenoxy) is 1. The number of aryl methyl sites for hydroxylation is 1. The highest BCUT2D eigenvalue weighted by atomic mass is 35.5. The average Bonchev–Trinajstić information content (AvgIpc) is 2.37. The van der Waals surface area contributed by atoms with Gasteiger partial charge in [-0.1, -0.05) is 13.3 Å². The zero-order valence-electron chi connectivity index (χ0n) is 11.4. The van der Waals surface area contributed by atoms with Gasteiger partial charge in [0.1, 0.15) is 5.60 Å². The van der Waals surface area contributed by atoms with E-state index >= 15 is 0 Å². The number of hydrogen-bond acceptors (Lipinski definition) is 3. The molecule has 0 radical (unpaired) electrons. The summed E-state index contributed by atoms with van der Waals surface area (Å²) in [7, 11) is 1.77. The molecule has 100 valence electrons. The van der Waals surface area contributed by atoms with Crippen molar-refractivity contribution in [2.75, 3.05) is 7.11 Å². The van der Waals surface area contributed by atoms with E-state index in [1.165, 1.54) is 12.8 Å². The van der Waals surface area contributed by atoms with Crippen LogP contribution in [0.2, 0.25) is 0 Å². The Morgan fingerprint density at radius 2 is 2.28 bits per heavy atom. The summed E-state index contributed by atoms with van der Waals surface area (Å²) in [5.74, 6) is 1.89. The van der Waals surface area contributed by atoms with E-state index < -0.39 is 0 Å². The molecule has 0 aromatic carbocycles. The maximum Gasteiger partial charge on any atom is 0.160 e. The highest BCUT2D eigenvalue weighted by Gasteiger charge is 2.39. The molecule has 1 aromatic rings. The molecule has 18 heavy (non-hydrogen) atoms. The number of alkyl halides is 1. The van der Waals surface area contributed by atoms with Crippen LogP contribution in [0.5, 0.6) is 0 Å². The van der Waals surface area contributed by atoms with Gasteiger partial charge in [-0.25, -0.2) is 9.97 Å². The van der Waals surface area contributed by atoms with Crippen LogP contribution in [-0.2, 0) is 16.2 Å². The Balaban J connectivity index is 2.40. The lowest BCUT2D eigenvalue weighted by Crippen LogP contribution is -2.36. The Morgan fingerprint density at radius 1 is 1.50 bits per heavy atom. The lowest BCUT2D eigenvalue weighted by molar-refractivity contribution is -0.0648. The second kappa shape index (κ2) is 5.54. The van der Waals surface area contributed by atoms with Crippen molar-refractivity contribution in [2.24, 2.45) is 5.92 Å². The first-order chi connectivity index (χ1) is 8.59. The summed E-state index contributed by atoms with van der Waals surface area (Å²) in [6.07, 6.45) is 4.43. The van der Waals surface area contributed by atoms with Crippen LogP contribution in [0, 0.1) is 12.8 Å². The van der Waals surface area contributed by atoms with Crippen LogP contribution in [0.3, 0.4) is 0 Å². The van der Waals surface area contributed by atoms with Crippen molar-refractivity contribution >= 4 is 11.6 Å². The van der Waals surface area contributed by atoms with Crippen LogP contribution in [-0.4, -0.2) is 17.1 Å². The molecule has 0 aliphatic heterocycles. The van der Waals surface area contributed by atoms with Crippen molar-refractivity contribution in [1.29, 1.82) is 0 Å². The molecule has 2 atom stereocenters. The monoisotopic (exact) mass is 268 g/mol. The summed E-state index contributed by atoms with van der Waals surface area (Å²) in [6, 6.07) is 1.94. The Morgan fingerprint density at radius 3 is 2.89 bits per heavy atom. The fourth-order valence-corrected chi connectivity index (χ4v) is 3.03. The predicted molar refractivity (Wildman–Crippen MR) is 72.6 cm³/mol. The van der Waals surface area contributed by atoms with Crippen molar-refractivity contribution in [2.45, 2.75) is 51.0 Å². The second-order valence-electron chi connectivity index (χ2n) is 5.36. The first-order valence-corrected chi connectivity index (χ1v) is 7.09. The SMILES string of the molecule is COC1(c2nc(C)cc(CCl)n2)CCCC(C)C1. The molecule has 0 bridgehead atoms. The van der Waals surface area contributed by atoms with Gasteiger partial charge in [0.2, 0.25) is 0 Å². The lowest BCUT2D eigenvalue weighted by atomic mass is 9.78. The van der Waals surface area contributed by atoms with Crippen LogP contribution >= 0.6 is 11.6 Å². The normalized spacial score (nSPS) is 28.3. The minimum atomic E-state index is -0.315. The number of rotatable bonds is 3. The van der Waals surface area contributed by atoms with E-state index in [9.17, 15) is 0 Å². The first kappa shape index (κ1) is 13.8. The van der Waals surface area contributed by atoms with Crippen molar-refractivity contribution in [3.63, 3.8) is 0 Å². The summed E-state index contributed by atoms with van der Waals surface area (Å²) in [6.45, 7) is 4.25. The average molecular weight is 269 g/mol. The van der Waals surface area contributed by atoms with E-state index in [2.05, 4.69) is 16.9 Å². The van der Waals surface area contributed by atoms with Gasteiger partial charge >= 0.3 is 0 Å². The molecule has 1 aromatic heterocycles. The standard InChI is InChI=1S/C14H21ClN2O/c1-10-5-4-6-14(8-10,18-3)13-16-11(2)7-12(9-15)17-13/h7,10H,4-6,8-9H2,1-3H3. The van der Waals surface area contributed by atoms with Gasteiger partial charge in [0.15, 0.2) is 5.82 Å². The Bertz CT molecular complexity index is 424. The molecule has 0 spiro atoms. The van der Waals surface area contributed by atoms with E-state index in [1.54, 1.807) is 7.11 Å². The van der Waals surface area contributed by atoms with E-state index in [0.717, 1.165) is 30.1 Å². The highest BCUT2D eigenvalue weighted by molar-refractivity contribution is 6.16. The van der Waals surface area contributed by atoms with Crippen LogP contribution in [0.15, 0.2) is 6.07 Å². The molecule has 1 aliphatic carbocycles. The fourth-order valence-electron chi connectivity index (χ4n) is 2.89. The van der Waals surface area contributed by atoms with Gasteiger partial charge in [0.05, 0.1) is 11.6 Å². The van der Waals surface area contributed by atoms with E-state index in [4.69, 9.17) is 16.3 Å². The van der Waals surface area contributed by atoms with Crippen LogP contribution < -0.4 is 0 Å². The summed E-state index contributed by atoms with van der Waals surface area (Å²) >= 11 is 5.90. The maximum atomic E-state index is 5.90. The van der Waals surface area contributed by atoms with E-state index in [1.807, 2.05) is 13.0 Å². The number of halogens is 1. The Kier molecular flexibility index (Phi) is 4.23. The molecule has 0 amide bonds. The third-order valence-corrected chi connectivity index (χ3v) is 4.07. The molecule has 1 fully saturated rings. The van der Waals surface area contributed by atoms with Gasteiger partial charge in [-0.2, -0.15) is 0 Å². The minimum absolute atomic E-state index is 0.315. The van der Waals surface area contributed by atoms with Crippen molar-refractivity contribution < 1.29 is 4.74 Å². The van der Waals surface area contributed by atoms with Gasteiger partial charge < -0.3 is 4.74 Å². The van der Waals surface area contributed by atoms with Crippen LogP contribution in [0.1, 0.15) is 49.8 Å².